The maximum absolute atomic E-state index is 13.7. The molecule has 0 radical (unpaired) electrons. The minimum absolute atomic E-state index is 0.0558. The molecule has 1 fully saturated rings. The summed E-state index contributed by atoms with van der Waals surface area (Å²) in [7, 11) is 0. The number of imide groups is 1. The molecule has 2 unspecified atom stereocenters. The molecule has 1 N–H and O–H groups in total. The maximum atomic E-state index is 13.7. The van der Waals surface area contributed by atoms with Crippen molar-refractivity contribution in [2.45, 2.75) is 65.1 Å². The number of carbonyl (C=O) groups excluding carboxylic acids is 3. The molecule has 1 aromatic heterocycles. The van der Waals surface area contributed by atoms with E-state index in [9.17, 15) is 14.4 Å². The molecular weight excluding hydrogens is 514 g/mol. The van der Waals surface area contributed by atoms with Gasteiger partial charge < -0.3 is 10.2 Å². The molecule has 2 aromatic rings. The average Bonchev–Trinajstić information content (AvgIpc) is 3.52. The highest BCUT2D eigenvalue weighted by Gasteiger charge is 2.58. The number of urea groups is 1. The van der Waals surface area contributed by atoms with Crippen LogP contribution in [0.15, 0.2) is 77.2 Å². The van der Waals surface area contributed by atoms with E-state index in [0.29, 0.717) is 25.1 Å². The fraction of sp³-hybridized carbons (Fsp3) is 0.364. The Morgan fingerprint density at radius 1 is 1.17 bits per heavy atom. The molecule has 3 atom stereocenters. The van der Waals surface area contributed by atoms with Gasteiger partial charge in [-0.1, -0.05) is 36.5 Å². The third kappa shape index (κ3) is 3.91. The Morgan fingerprint density at radius 3 is 2.59 bits per heavy atom. The van der Waals surface area contributed by atoms with Gasteiger partial charge in [-0.15, -0.1) is 0 Å². The number of rotatable bonds is 6. The van der Waals surface area contributed by atoms with E-state index in [1.807, 2.05) is 64.2 Å². The summed E-state index contributed by atoms with van der Waals surface area (Å²) in [6.45, 7) is 11.5. The predicted octanol–water partition coefficient (Wildman–Crippen LogP) is 5.00. The van der Waals surface area contributed by atoms with E-state index in [2.05, 4.69) is 35.2 Å². The van der Waals surface area contributed by atoms with Crippen molar-refractivity contribution in [3.05, 3.63) is 88.9 Å². The minimum Gasteiger partial charge on any atom is -0.310 e. The molecule has 0 bridgehead atoms. The summed E-state index contributed by atoms with van der Waals surface area (Å²) in [4.78, 5) is 52.5. The van der Waals surface area contributed by atoms with Crippen LogP contribution in [0, 0.1) is 11.3 Å². The third-order valence-corrected chi connectivity index (χ3v) is 9.18. The summed E-state index contributed by atoms with van der Waals surface area (Å²) in [5.41, 5.74) is 3.04. The van der Waals surface area contributed by atoms with Crippen LogP contribution in [-0.4, -0.2) is 50.9 Å². The molecule has 3 heterocycles. The van der Waals surface area contributed by atoms with E-state index < -0.39 is 11.0 Å². The van der Waals surface area contributed by atoms with Gasteiger partial charge in [0, 0.05) is 29.1 Å². The zero-order valence-corrected chi connectivity index (χ0v) is 24.0. The molecule has 8 heteroatoms. The number of aliphatic imine (C=N–C) groups is 1. The summed E-state index contributed by atoms with van der Waals surface area (Å²) in [6, 6.07) is 5.72. The summed E-state index contributed by atoms with van der Waals surface area (Å²) < 4.78 is 0. The first kappa shape index (κ1) is 26.9. The Balaban J connectivity index is 1.35. The van der Waals surface area contributed by atoms with Crippen LogP contribution in [-0.2, 0) is 29.0 Å². The molecule has 4 amide bonds. The van der Waals surface area contributed by atoms with Crippen LogP contribution in [0.25, 0.3) is 10.9 Å². The summed E-state index contributed by atoms with van der Waals surface area (Å²) >= 11 is 0. The van der Waals surface area contributed by atoms with Gasteiger partial charge >= 0.3 is 6.03 Å². The number of hydrogen-bond donors (Lipinski definition) is 1. The molecule has 4 aliphatic rings. The summed E-state index contributed by atoms with van der Waals surface area (Å²) in [5.74, 6) is 0.192. The first-order valence-electron chi connectivity index (χ1n) is 14.2. The Labute approximate surface area is 240 Å². The highest BCUT2D eigenvalue weighted by Crippen LogP contribution is 2.48. The zero-order valence-electron chi connectivity index (χ0n) is 24.0. The first-order chi connectivity index (χ1) is 19.6. The lowest BCUT2D eigenvalue weighted by molar-refractivity contribution is -0.135. The normalized spacial score (nSPS) is 27.4. The van der Waals surface area contributed by atoms with Gasteiger partial charge in [0.25, 0.3) is 5.91 Å². The van der Waals surface area contributed by atoms with Crippen molar-refractivity contribution in [3.8, 4) is 0 Å². The molecule has 2 aliphatic carbocycles. The van der Waals surface area contributed by atoms with Crippen LogP contribution < -0.4 is 5.32 Å². The van der Waals surface area contributed by atoms with Gasteiger partial charge in [0.15, 0.2) is 0 Å². The van der Waals surface area contributed by atoms with E-state index in [0.717, 1.165) is 33.2 Å². The van der Waals surface area contributed by atoms with E-state index >= 15 is 0 Å². The van der Waals surface area contributed by atoms with Crippen LogP contribution in [0.2, 0.25) is 0 Å². The monoisotopic (exact) mass is 549 g/mol. The van der Waals surface area contributed by atoms with Crippen molar-refractivity contribution in [3.63, 3.8) is 0 Å². The number of benzene rings is 1. The fourth-order valence-electron chi connectivity index (χ4n) is 6.97. The molecular formula is C33H35N5O3. The van der Waals surface area contributed by atoms with Crippen molar-refractivity contribution in [1.29, 1.82) is 0 Å². The highest BCUT2D eigenvalue weighted by atomic mass is 16.2. The second-order valence-corrected chi connectivity index (χ2v) is 11.9. The second-order valence-electron chi connectivity index (χ2n) is 11.9. The number of nitrogens with zero attached hydrogens (tertiary/aromatic N) is 4. The Kier molecular flexibility index (Phi) is 6.32. The maximum Gasteiger partial charge on any atom is 0.328 e. The molecule has 2 aliphatic heterocycles. The highest BCUT2D eigenvalue weighted by molar-refractivity contribution is 6.07. The Bertz CT molecular complexity index is 1630. The van der Waals surface area contributed by atoms with Gasteiger partial charge in [-0.3, -0.25) is 19.5 Å². The van der Waals surface area contributed by atoms with Gasteiger partial charge in [0.1, 0.15) is 11.4 Å². The van der Waals surface area contributed by atoms with E-state index in [-0.39, 0.29) is 36.3 Å². The number of pyridine rings is 1. The SMILES string of the molecule is C=NC1=C(/C=C\C)[C@@]2(Cc3cc4cc(CN5C(=O)N(C(C)C)C(=O)C5(C)C5C=CC=CC5)cnc4cc3C2)C(=O)N1. The van der Waals surface area contributed by atoms with Gasteiger partial charge in [-0.25, -0.2) is 9.79 Å². The summed E-state index contributed by atoms with van der Waals surface area (Å²) in [6.07, 6.45) is 15.5. The van der Waals surface area contributed by atoms with Crippen LogP contribution in [0.3, 0.4) is 0 Å². The summed E-state index contributed by atoms with van der Waals surface area (Å²) in [5, 5.41) is 3.86. The van der Waals surface area contributed by atoms with Crippen molar-refractivity contribution in [1.82, 2.24) is 20.1 Å². The molecule has 210 valence electrons. The number of aromatic nitrogens is 1. The van der Waals surface area contributed by atoms with Gasteiger partial charge in [0.2, 0.25) is 5.91 Å². The Hall–Kier alpha value is -4.33. The van der Waals surface area contributed by atoms with Crippen LogP contribution in [0.5, 0.6) is 0 Å². The number of amides is 4. The standard InChI is InChI=1S/C33H35N5O3/c1-6-10-26-28(34-5)36-29(39)33(26)16-23-14-22-13-21(18-35-27(22)15-24(23)17-33)19-37-31(41)38(20(2)3)30(40)32(37,4)25-11-8-7-9-12-25/h6-11,13-15,18,20,25H,5,12,16-17,19H2,1-4H3,(H,36,39)/b10-6-/t25?,32?,33-/m0/s1. The molecule has 0 saturated carbocycles. The lowest BCUT2D eigenvalue weighted by atomic mass is 9.78. The van der Waals surface area contributed by atoms with Crippen molar-refractivity contribution in [2.75, 3.05) is 0 Å². The molecule has 41 heavy (non-hydrogen) atoms. The second kappa shape index (κ2) is 9.65. The average molecular weight is 550 g/mol. The van der Waals surface area contributed by atoms with Gasteiger partial charge in [-0.2, -0.15) is 0 Å². The molecule has 1 spiro atoms. The predicted molar refractivity (Wildman–Crippen MR) is 159 cm³/mol. The topological polar surface area (TPSA) is 95.0 Å². The molecule has 1 saturated heterocycles. The van der Waals surface area contributed by atoms with Crippen LogP contribution in [0.1, 0.15) is 50.8 Å². The number of nitrogens with one attached hydrogen (secondary N) is 1. The number of hydrogen-bond acceptors (Lipinski definition) is 5. The lowest BCUT2D eigenvalue weighted by Crippen LogP contribution is -2.52. The van der Waals surface area contributed by atoms with Crippen molar-refractivity contribution < 1.29 is 14.4 Å². The largest absolute Gasteiger partial charge is 0.328 e. The quantitative estimate of drug-likeness (QED) is 0.405. The van der Waals surface area contributed by atoms with Crippen molar-refractivity contribution in [2.24, 2.45) is 16.3 Å². The molecule has 1 aromatic carbocycles. The van der Waals surface area contributed by atoms with Crippen molar-refractivity contribution >= 4 is 35.5 Å². The smallest absolute Gasteiger partial charge is 0.310 e. The number of allylic oxidation sites excluding steroid dienone is 5. The third-order valence-electron chi connectivity index (χ3n) is 9.18. The van der Waals surface area contributed by atoms with E-state index in [4.69, 9.17) is 4.98 Å². The Morgan fingerprint density at radius 2 is 1.93 bits per heavy atom. The van der Waals surface area contributed by atoms with Gasteiger partial charge in [0.05, 0.1) is 17.5 Å². The molecule has 8 nitrogen and oxygen atoms in total. The number of fused-ring (bicyclic) bond motifs is 2. The first-order valence-corrected chi connectivity index (χ1v) is 14.2. The van der Waals surface area contributed by atoms with Crippen LogP contribution >= 0.6 is 0 Å². The lowest BCUT2D eigenvalue weighted by Gasteiger charge is -2.37. The van der Waals surface area contributed by atoms with Crippen LogP contribution in [0.4, 0.5) is 4.79 Å². The number of carbonyl (C=O) groups is 3. The van der Waals surface area contributed by atoms with Gasteiger partial charge in [-0.05, 0) is 88.6 Å². The zero-order chi connectivity index (χ0) is 29.1. The fourth-order valence-corrected chi connectivity index (χ4v) is 6.97. The minimum atomic E-state index is -0.996. The van der Waals surface area contributed by atoms with E-state index in [1.54, 1.807) is 11.1 Å². The molecule has 6 rings (SSSR count). The van der Waals surface area contributed by atoms with E-state index in [1.165, 1.54) is 4.90 Å².